The predicted octanol–water partition coefficient (Wildman–Crippen LogP) is -3.06. The molecule has 4 rings (SSSR count). The highest BCUT2D eigenvalue weighted by Crippen LogP contribution is 2.36. The lowest BCUT2D eigenvalue weighted by Gasteiger charge is -2.35. The van der Waals surface area contributed by atoms with Crippen molar-refractivity contribution in [3.63, 3.8) is 0 Å². The SMILES string of the molecule is CN(C)c1ccc(NC(=O)C2=C[C@H](O)[C@H](O)[C@@H](O[C@@H](C(N)=O)[C@H]3O[C@@H](n4ccc(=O)[nH]c4=O)[C@H](O)[C@@H]3CO)O2)cc1. The quantitative estimate of drug-likeness (QED) is 0.157. The van der Waals surface area contributed by atoms with Crippen molar-refractivity contribution in [1.82, 2.24) is 9.55 Å². The molecule has 3 heterocycles. The van der Waals surface area contributed by atoms with Gasteiger partial charge in [-0.2, -0.15) is 0 Å². The van der Waals surface area contributed by atoms with Crippen LogP contribution < -0.4 is 27.2 Å². The Kier molecular flexibility index (Phi) is 8.91. The van der Waals surface area contributed by atoms with Crippen LogP contribution in [0, 0.1) is 5.92 Å². The summed E-state index contributed by atoms with van der Waals surface area (Å²) in [6, 6.07) is 7.80. The summed E-state index contributed by atoms with van der Waals surface area (Å²) < 4.78 is 17.6. The highest BCUT2D eigenvalue weighted by Gasteiger charge is 2.51. The number of amides is 2. The van der Waals surface area contributed by atoms with Gasteiger partial charge in [0.1, 0.15) is 24.4 Å². The molecule has 16 heteroatoms. The fourth-order valence-electron chi connectivity index (χ4n) is 4.49. The van der Waals surface area contributed by atoms with Crippen molar-refractivity contribution < 1.29 is 44.2 Å². The van der Waals surface area contributed by atoms with E-state index in [2.05, 4.69) is 5.32 Å². The number of hydrogen-bond donors (Lipinski definition) is 7. The van der Waals surface area contributed by atoms with Gasteiger partial charge >= 0.3 is 5.69 Å². The van der Waals surface area contributed by atoms with E-state index in [9.17, 15) is 39.6 Å². The molecule has 0 saturated carbocycles. The van der Waals surface area contributed by atoms with E-state index in [1.807, 2.05) is 24.0 Å². The molecule has 0 bridgehead atoms. The molecule has 41 heavy (non-hydrogen) atoms. The summed E-state index contributed by atoms with van der Waals surface area (Å²) in [7, 11) is 3.70. The van der Waals surface area contributed by atoms with Crippen molar-refractivity contribution in [2.24, 2.45) is 11.7 Å². The van der Waals surface area contributed by atoms with Gasteiger partial charge in [-0.3, -0.25) is 23.9 Å². The number of primary amides is 1. The third-order valence-electron chi connectivity index (χ3n) is 6.70. The fourth-order valence-corrected chi connectivity index (χ4v) is 4.49. The largest absolute Gasteiger partial charge is 0.456 e. The van der Waals surface area contributed by atoms with Crippen LogP contribution in [-0.4, -0.2) is 99.3 Å². The number of carbonyl (C=O) groups excluding carboxylic acids is 2. The van der Waals surface area contributed by atoms with Gasteiger partial charge in [0.2, 0.25) is 12.2 Å². The maximum absolute atomic E-state index is 12.9. The van der Waals surface area contributed by atoms with Crippen LogP contribution in [0.5, 0.6) is 0 Å². The van der Waals surface area contributed by atoms with Gasteiger partial charge in [-0.1, -0.05) is 0 Å². The lowest BCUT2D eigenvalue weighted by Crippen LogP contribution is -2.52. The van der Waals surface area contributed by atoms with Gasteiger partial charge in [0.15, 0.2) is 18.1 Å². The van der Waals surface area contributed by atoms with Crippen LogP contribution in [0.15, 0.2) is 58.0 Å². The smallest absolute Gasteiger partial charge is 0.330 e. The van der Waals surface area contributed by atoms with E-state index in [1.165, 1.54) is 0 Å². The molecule has 1 aromatic carbocycles. The average Bonchev–Trinajstić information content (AvgIpc) is 3.24. The van der Waals surface area contributed by atoms with E-state index in [-0.39, 0.29) is 0 Å². The Morgan fingerprint density at radius 1 is 1.15 bits per heavy atom. The van der Waals surface area contributed by atoms with Crippen molar-refractivity contribution in [2.75, 3.05) is 30.9 Å². The minimum atomic E-state index is -1.82. The zero-order valence-corrected chi connectivity index (χ0v) is 22.0. The second-order valence-electron chi connectivity index (χ2n) is 9.70. The monoisotopic (exact) mass is 577 g/mol. The highest BCUT2D eigenvalue weighted by atomic mass is 16.7. The number of aliphatic hydroxyl groups is 4. The topological polar surface area (TPSA) is 239 Å². The molecule has 1 aromatic heterocycles. The van der Waals surface area contributed by atoms with Crippen LogP contribution in [0.25, 0.3) is 0 Å². The number of nitrogens with one attached hydrogen (secondary N) is 2. The van der Waals surface area contributed by atoms with Crippen LogP contribution >= 0.6 is 0 Å². The molecule has 1 saturated heterocycles. The fraction of sp³-hybridized carbons (Fsp3) is 0.440. The summed E-state index contributed by atoms with van der Waals surface area (Å²) in [4.78, 5) is 52.8. The predicted molar refractivity (Wildman–Crippen MR) is 140 cm³/mol. The number of ether oxygens (including phenoxy) is 3. The number of aliphatic hydroxyl groups excluding tert-OH is 4. The number of aromatic nitrogens is 2. The van der Waals surface area contributed by atoms with Gasteiger partial charge in [0.25, 0.3) is 11.5 Å². The van der Waals surface area contributed by atoms with Gasteiger partial charge in [0.05, 0.1) is 6.61 Å². The molecule has 0 spiro atoms. The Labute approximate surface area is 232 Å². The zero-order valence-electron chi connectivity index (χ0n) is 22.0. The average molecular weight is 578 g/mol. The standard InChI is InChI=1S/C25H31N5O11/c1-29(2)12-5-3-11(4-6-12)27-22(37)15-9-14(32)18(35)24(39-15)41-20(21(26)36)19-13(10-31)17(34)23(40-19)30-8-7-16(33)28-25(30)38/h3-9,13-14,17-20,23-24,31-32,34-35H,10H2,1-2H3,(H2,26,36)(H,27,37)(H,28,33,38)/t13-,14-,17+,18-,19-,20+,23+,24+/m0/s1. The first-order valence-corrected chi connectivity index (χ1v) is 12.4. The maximum atomic E-state index is 12.9. The van der Waals surface area contributed by atoms with Gasteiger partial charge in [-0.15, -0.1) is 0 Å². The Hall–Kier alpha value is -4.06. The Morgan fingerprint density at radius 2 is 1.83 bits per heavy atom. The molecule has 2 amide bonds. The molecule has 16 nitrogen and oxygen atoms in total. The van der Waals surface area contributed by atoms with Crippen LogP contribution in [0.1, 0.15) is 6.23 Å². The van der Waals surface area contributed by atoms with E-state index < -0.39 is 84.4 Å². The third kappa shape index (κ3) is 6.32. The van der Waals surface area contributed by atoms with Crippen molar-refractivity contribution in [1.29, 1.82) is 0 Å². The first-order chi connectivity index (χ1) is 19.4. The number of H-pyrrole nitrogens is 1. The van der Waals surface area contributed by atoms with Gasteiger partial charge in [0, 0.05) is 43.7 Å². The van der Waals surface area contributed by atoms with Crippen molar-refractivity contribution in [3.8, 4) is 0 Å². The molecular formula is C25H31N5O11. The first kappa shape index (κ1) is 29.9. The lowest BCUT2D eigenvalue weighted by molar-refractivity contribution is -0.239. The van der Waals surface area contributed by atoms with Gasteiger partial charge in [-0.25, -0.2) is 4.79 Å². The second kappa shape index (κ2) is 12.2. The number of nitrogens with two attached hydrogens (primary N) is 1. The Morgan fingerprint density at radius 3 is 2.41 bits per heavy atom. The summed E-state index contributed by atoms with van der Waals surface area (Å²) in [6.07, 6.45) is -9.57. The number of benzene rings is 1. The van der Waals surface area contributed by atoms with E-state index in [1.54, 1.807) is 24.3 Å². The second-order valence-corrected chi connectivity index (χ2v) is 9.70. The molecule has 222 valence electrons. The first-order valence-electron chi connectivity index (χ1n) is 12.4. The van der Waals surface area contributed by atoms with Crippen molar-refractivity contribution in [3.05, 3.63) is 69.2 Å². The Balaban J connectivity index is 1.52. The minimum absolute atomic E-state index is 0.404. The number of hydrogen-bond acceptors (Lipinski definition) is 12. The summed E-state index contributed by atoms with van der Waals surface area (Å²) >= 11 is 0. The van der Waals surface area contributed by atoms with Crippen LogP contribution in [0.2, 0.25) is 0 Å². The Bertz CT molecular complexity index is 1410. The zero-order chi connectivity index (χ0) is 30.0. The van der Waals surface area contributed by atoms with Crippen LogP contribution in [0.4, 0.5) is 11.4 Å². The molecule has 0 unspecified atom stereocenters. The molecule has 8 N–H and O–H groups in total. The van der Waals surface area contributed by atoms with Gasteiger partial charge < -0.3 is 50.6 Å². The molecule has 2 aromatic rings. The number of nitrogens with zero attached hydrogens (tertiary/aromatic N) is 2. The summed E-state index contributed by atoms with van der Waals surface area (Å²) in [5, 5.41) is 44.2. The lowest BCUT2D eigenvalue weighted by atomic mass is 9.94. The number of anilines is 2. The summed E-state index contributed by atoms with van der Waals surface area (Å²) in [6.45, 7) is -0.746. The van der Waals surface area contributed by atoms with Crippen LogP contribution in [-0.2, 0) is 23.8 Å². The maximum Gasteiger partial charge on any atom is 0.330 e. The number of aromatic amines is 1. The normalized spacial score (nSPS) is 28.3. The van der Waals surface area contributed by atoms with Gasteiger partial charge in [-0.05, 0) is 30.3 Å². The van der Waals surface area contributed by atoms with E-state index in [4.69, 9.17) is 19.9 Å². The minimum Gasteiger partial charge on any atom is -0.456 e. The van der Waals surface area contributed by atoms with E-state index in [0.29, 0.717) is 5.69 Å². The summed E-state index contributed by atoms with van der Waals surface area (Å²) in [5.41, 5.74) is 5.18. The van der Waals surface area contributed by atoms with Crippen molar-refractivity contribution >= 4 is 23.2 Å². The van der Waals surface area contributed by atoms with E-state index >= 15 is 0 Å². The van der Waals surface area contributed by atoms with Crippen LogP contribution in [0.3, 0.4) is 0 Å². The number of rotatable bonds is 9. The van der Waals surface area contributed by atoms with Crippen molar-refractivity contribution in [2.45, 2.75) is 43.0 Å². The molecule has 2 aliphatic rings. The number of carbonyl (C=O) groups is 2. The van der Waals surface area contributed by atoms with E-state index in [0.717, 1.165) is 28.6 Å². The molecule has 0 aliphatic carbocycles. The molecule has 1 fully saturated rings. The highest BCUT2D eigenvalue weighted by molar-refractivity contribution is 6.02. The molecule has 8 atom stereocenters. The molecule has 2 aliphatic heterocycles. The third-order valence-corrected chi connectivity index (χ3v) is 6.70. The summed E-state index contributed by atoms with van der Waals surface area (Å²) in [5.74, 6) is -3.63. The molecule has 0 radical (unpaired) electrons. The molecular weight excluding hydrogens is 546 g/mol.